The first-order valence-corrected chi connectivity index (χ1v) is 16.4. The van der Waals surface area contributed by atoms with Crippen LogP contribution in [0.2, 0.25) is 5.02 Å². The summed E-state index contributed by atoms with van der Waals surface area (Å²) < 4.78 is 48.2. The van der Waals surface area contributed by atoms with Gasteiger partial charge in [0.2, 0.25) is 10.0 Å². The van der Waals surface area contributed by atoms with E-state index in [1.54, 1.807) is 28.6 Å². The Morgan fingerprint density at radius 2 is 1.83 bits per heavy atom. The van der Waals surface area contributed by atoms with Gasteiger partial charge in [0.1, 0.15) is 5.82 Å². The maximum absolute atomic E-state index is 15.3. The number of hydrogen-bond donors (Lipinski definition) is 2. The molecule has 1 aliphatic carbocycles. The number of nitrogens with zero attached hydrogens (tertiary/aromatic N) is 1. The lowest BCUT2D eigenvalue weighted by molar-refractivity contribution is -0.121. The molecule has 0 radical (unpaired) electrons. The highest BCUT2D eigenvalue weighted by molar-refractivity contribution is 7.90. The van der Waals surface area contributed by atoms with E-state index in [-0.39, 0.29) is 47.8 Å². The van der Waals surface area contributed by atoms with Crippen molar-refractivity contribution in [3.63, 3.8) is 0 Å². The monoisotopic (exact) mass is 621 g/mol. The Kier molecular flexibility index (Phi) is 10.7. The number of nitrogens with one attached hydrogen (secondary N) is 2. The summed E-state index contributed by atoms with van der Waals surface area (Å²) in [7, 11) is -2.18. The van der Waals surface area contributed by atoms with Gasteiger partial charge in [0.15, 0.2) is 5.78 Å². The predicted octanol–water partition coefficient (Wildman–Crippen LogP) is 4.84. The van der Waals surface area contributed by atoms with E-state index in [1.165, 1.54) is 13.2 Å². The third kappa shape index (κ3) is 7.51. The molecule has 0 spiro atoms. The van der Waals surface area contributed by atoms with Crippen molar-refractivity contribution in [2.45, 2.75) is 82.2 Å². The summed E-state index contributed by atoms with van der Waals surface area (Å²) in [5.74, 6) is -1.15. The normalized spacial score (nSPS) is 21.1. The Bertz CT molecular complexity index is 1370. The minimum atomic E-state index is -3.42. The fraction of sp³-hybridized carbons (Fsp3) is 0.548. The van der Waals surface area contributed by atoms with Crippen LogP contribution in [-0.4, -0.2) is 68.2 Å². The molecule has 2 aliphatic rings. The number of amides is 1. The number of sulfonamides is 1. The minimum absolute atomic E-state index is 0.0375. The standard InChI is InChI=1S/C31H41ClFN3O5S/c1-19(2)29(21-8-10-23(32)11-9-21)30(35-31(38)41-4)28(37)16-22-6-5-7-27(33)26(22)15-12-24-18-34-17-20(3)36(24)42(39,40)25-13-14-25/h5-11,19-20,24-25,29-30,34H,12-18H2,1-4H3,(H,35,38)/t20-,24+,29-,30-/m1/s1. The van der Waals surface area contributed by atoms with Gasteiger partial charge in [-0.1, -0.05) is 49.7 Å². The number of methoxy groups -OCH3 is 1. The molecule has 1 amide bonds. The smallest absolute Gasteiger partial charge is 0.407 e. The van der Waals surface area contributed by atoms with Gasteiger partial charge < -0.3 is 15.4 Å². The zero-order valence-corrected chi connectivity index (χ0v) is 26.2. The van der Waals surface area contributed by atoms with Crippen LogP contribution in [0.5, 0.6) is 0 Å². The highest BCUT2D eigenvalue weighted by atomic mass is 35.5. The van der Waals surface area contributed by atoms with Crippen molar-refractivity contribution in [2.24, 2.45) is 5.92 Å². The lowest BCUT2D eigenvalue weighted by atomic mass is 9.79. The van der Waals surface area contributed by atoms with Crippen molar-refractivity contribution in [1.82, 2.24) is 14.9 Å². The number of ether oxygens (including phenoxy) is 1. The van der Waals surface area contributed by atoms with Gasteiger partial charge in [-0.15, -0.1) is 0 Å². The Morgan fingerprint density at radius 1 is 1.14 bits per heavy atom. The largest absolute Gasteiger partial charge is 0.453 e. The van der Waals surface area contributed by atoms with Crippen LogP contribution >= 0.6 is 11.6 Å². The summed E-state index contributed by atoms with van der Waals surface area (Å²) in [6, 6.07) is 10.4. The van der Waals surface area contributed by atoms with E-state index >= 15 is 4.39 Å². The molecule has 4 rings (SSSR count). The van der Waals surface area contributed by atoms with Crippen LogP contribution in [0.3, 0.4) is 0 Å². The SMILES string of the molecule is COC(=O)N[C@H](C(=O)Cc1cccc(F)c1CC[C@H]1CNC[C@@H](C)N1S(=O)(=O)C1CC1)[C@@H](c1ccc(Cl)cc1)C(C)C. The number of hydrogen-bond acceptors (Lipinski definition) is 6. The molecule has 1 aliphatic heterocycles. The summed E-state index contributed by atoms with van der Waals surface area (Å²) in [6.07, 6.45) is 1.20. The van der Waals surface area contributed by atoms with Gasteiger partial charge in [-0.3, -0.25) is 4.79 Å². The molecule has 42 heavy (non-hydrogen) atoms. The number of carbonyl (C=O) groups is 2. The predicted molar refractivity (Wildman–Crippen MR) is 162 cm³/mol. The van der Waals surface area contributed by atoms with E-state index in [0.29, 0.717) is 48.5 Å². The Balaban J connectivity index is 1.58. The molecule has 2 fully saturated rings. The lowest BCUT2D eigenvalue weighted by Gasteiger charge is -2.40. The molecule has 2 N–H and O–H groups in total. The summed E-state index contributed by atoms with van der Waals surface area (Å²) in [5, 5.41) is 6.27. The van der Waals surface area contributed by atoms with Crippen LogP contribution in [-0.2, 0) is 32.4 Å². The molecule has 0 unspecified atom stereocenters. The number of piperazine rings is 1. The van der Waals surface area contributed by atoms with Crippen LogP contribution in [0.15, 0.2) is 42.5 Å². The van der Waals surface area contributed by atoms with Crippen LogP contribution in [0.4, 0.5) is 9.18 Å². The lowest BCUT2D eigenvalue weighted by Crippen LogP contribution is -2.59. The molecule has 0 bridgehead atoms. The molecule has 0 aromatic heterocycles. The van der Waals surface area contributed by atoms with Crippen molar-refractivity contribution >= 4 is 33.5 Å². The van der Waals surface area contributed by atoms with E-state index < -0.39 is 28.0 Å². The summed E-state index contributed by atoms with van der Waals surface area (Å²) in [4.78, 5) is 26.3. The van der Waals surface area contributed by atoms with Crippen molar-refractivity contribution in [3.05, 3.63) is 70.0 Å². The average Bonchev–Trinajstić information content (AvgIpc) is 3.79. The summed E-state index contributed by atoms with van der Waals surface area (Å²) in [5.41, 5.74) is 1.74. The van der Waals surface area contributed by atoms with Crippen LogP contribution in [0.25, 0.3) is 0 Å². The molecule has 1 heterocycles. The van der Waals surface area contributed by atoms with E-state index in [0.717, 1.165) is 5.56 Å². The first-order valence-electron chi connectivity index (χ1n) is 14.6. The second-order valence-corrected chi connectivity index (χ2v) is 14.3. The number of rotatable bonds is 12. The fourth-order valence-corrected chi connectivity index (χ4v) is 8.46. The van der Waals surface area contributed by atoms with Crippen LogP contribution < -0.4 is 10.6 Å². The maximum atomic E-state index is 15.3. The fourth-order valence-electron chi connectivity index (χ4n) is 6.09. The van der Waals surface area contributed by atoms with E-state index in [4.69, 9.17) is 16.3 Å². The molecule has 2 aromatic rings. The molecule has 230 valence electrons. The maximum Gasteiger partial charge on any atom is 0.407 e. The topological polar surface area (TPSA) is 105 Å². The van der Waals surface area contributed by atoms with Gasteiger partial charge >= 0.3 is 6.09 Å². The second kappa shape index (κ2) is 13.8. The molecule has 2 aromatic carbocycles. The van der Waals surface area contributed by atoms with E-state index in [2.05, 4.69) is 10.6 Å². The summed E-state index contributed by atoms with van der Waals surface area (Å²) in [6.45, 7) is 6.88. The first-order chi connectivity index (χ1) is 19.9. The summed E-state index contributed by atoms with van der Waals surface area (Å²) >= 11 is 6.10. The zero-order valence-electron chi connectivity index (χ0n) is 24.6. The average molecular weight is 622 g/mol. The third-order valence-corrected chi connectivity index (χ3v) is 11.1. The highest BCUT2D eigenvalue weighted by Gasteiger charge is 2.45. The number of ketones is 1. The van der Waals surface area contributed by atoms with Crippen molar-refractivity contribution in [3.8, 4) is 0 Å². The quantitative estimate of drug-likeness (QED) is 0.351. The number of Topliss-reactive ketones (excluding diaryl/α,β-unsaturated/α-hetero) is 1. The zero-order chi connectivity index (χ0) is 30.6. The van der Waals surface area contributed by atoms with Crippen molar-refractivity contribution < 1.29 is 27.1 Å². The Morgan fingerprint density at radius 3 is 2.45 bits per heavy atom. The molecule has 1 saturated carbocycles. The molecule has 11 heteroatoms. The van der Waals surface area contributed by atoms with Crippen LogP contribution in [0, 0.1) is 11.7 Å². The molecule has 1 saturated heterocycles. The number of benzene rings is 2. The highest BCUT2D eigenvalue weighted by Crippen LogP contribution is 2.35. The van der Waals surface area contributed by atoms with Crippen LogP contribution in [0.1, 0.15) is 62.6 Å². The van der Waals surface area contributed by atoms with Gasteiger partial charge in [-0.05, 0) is 73.4 Å². The van der Waals surface area contributed by atoms with Gasteiger partial charge in [-0.2, -0.15) is 4.31 Å². The first kappa shape index (κ1) is 32.4. The molecular formula is C31H41ClFN3O5S. The molecule has 8 nitrogen and oxygen atoms in total. The molecule has 4 atom stereocenters. The number of alkyl carbamates (subject to hydrolysis) is 1. The second-order valence-electron chi connectivity index (χ2n) is 11.7. The number of halogens is 2. The number of carbonyl (C=O) groups excluding carboxylic acids is 2. The third-order valence-electron chi connectivity index (χ3n) is 8.30. The molecular weight excluding hydrogens is 581 g/mol. The van der Waals surface area contributed by atoms with Gasteiger partial charge in [0, 0.05) is 42.5 Å². The van der Waals surface area contributed by atoms with Crippen molar-refractivity contribution in [1.29, 1.82) is 0 Å². The van der Waals surface area contributed by atoms with E-state index in [1.807, 2.05) is 32.9 Å². The van der Waals surface area contributed by atoms with Gasteiger partial charge in [-0.25, -0.2) is 17.6 Å². The van der Waals surface area contributed by atoms with Gasteiger partial charge in [0.05, 0.1) is 18.4 Å². The Labute approximate surface area is 253 Å². The Hall–Kier alpha value is -2.53. The van der Waals surface area contributed by atoms with Gasteiger partial charge in [0.25, 0.3) is 0 Å². The van der Waals surface area contributed by atoms with Crippen molar-refractivity contribution in [2.75, 3.05) is 20.2 Å². The van der Waals surface area contributed by atoms with E-state index in [9.17, 15) is 18.0 Å². The minimum Gasteiger partial charge on any atom is -0.453 e.